The van der Waals surface area contributed by atoms with Gasteiger partial charge >= 0.3 is 0 Å². The van der Waals surface area contributed by atoms with Crippen molar-refractivity contribution < 1.29 is 0 Å². The summed E-state index contributed by atoms with van der Waals surface area (Å²) in [6, 6.07) is 7.92. The molecule has 1 aromatic rings. The van der Waals surface area contributed by atoms with Gasteiger partial charge in [0.15, 0.2) is 0 Å². The van der Waals surface area contributed by atoms with Crippen LogP contribution in [0.1, 0.15) is 6.92 Å². The van der Waals surface area contributed by atoms with Crippen molar-refractivity contribution in [3.63, 3.8) is 0 Å². The van der Waals surface area contributed by atoms with Crippen molar-refractivity contribution in [2.75, 3.05) is 5.32 Å². The predicted molar refractivity (Wildman–Crippen MR) is 55.7 cm³/mol. The summed E-state index contributed by atoms with van der Waals surface area (Å²) in [5.74, 6) is 0. The highest BCUT2D eigenvalue weighted by Crippen LogP contribution is 2.16. The normalized spacial score (nSPS) is 11.3. The first kappa shape index (κ1) is 9.13. The van der Waals surface area contributed by atoms with Gasteiger partial charge in [0.05, 0.1) is 0 Å². The average molecular weight is 227 g/mol. The summed E-state index contributed by atoms with van der Waals surface area (Å²) in [7, 11) is 0. The predicted octanol–water partition coefficient (Wildman–Crippen LogP) is 2.68. The molecule has 0 saturated heterocycles. The number of nitrogens with two attached hydrogens (primary N) is 1. The van der Waals surface area contributed by atoms with E-state index in [0.717, 1.165) is 15.9 Å². The lowest BCUT2D eigenvalue weighted by Gasteiger charge is -2.05. The zero-order valence-electron chi connectivity index (χ0n) is 6.84. The summed E-state index contributed by atoms with van der Waals surface area (Å²) in [5, 5.41) is 3.14. The third kappa shape index (κ3) is 2.58. The molecule has 1 aromatic carbocycles. The fraction of sp³-hybridized carbons (Fsp3) is 0.111. The smallest absolute Gasteiger partial charge is 0.0393 e. The third-order valence-electron chi connectivity index (χ3n) is 1.42. The molecule has 0 aliphatic rings. The van der Waals surface area contributed by atoms with Crippen LogP contribution in [-0.2, 0) is 0 Å². The maximum atomic E-state index is 5.32. The average Bonchev–Trinajstić information content (AvgIpc) is 2.04. The van der Waals surface area contributed by atoms with Crippen molar-refractivity contribution in [2.24, 2.45) is 5.73 Å². The van der Waals surface area contributed by atoms with Crippen molar-refractivity contribution in [1.29, 1.82) is 0 Å². The Kier molecular flexibility index (Phi) is 3.17. The van der Waals surface area contributed by atoms with Gasteiger partial charge in [0.2, 0.25) is 0 Å². The Bertz CT molecular complexity index is 294. The molecule has 0 bridgehead atoms. The first-order valence-corrected chi connectivity index (χ1v) is 4.43. The molecule has 3 N–H and O–H groups in total. The number of halogens is 1. The maximum Gasteiger partial charge on any atom is 0.0393 e. The number of hydrogen-bond donors (Lipinski definition) is 2. The highest BCUT2D eigenvalue weighted by molar-refractivity contribution is 9.10. The topological polar surface area (TPSA) is 38.0 Å². The zero-order chi connectivity index (χ0) is 8.97. The fourth-order valence-electron chi connectivity index (χ4n) is 0.836. The van der Waals surface area contributed by atoms with Gasteiger partial charge < -0.3 is 11.1 Å². The highest BCUT2D eigenvalue weighted by atomic mass is 79.9. The van der Waals surface area contributed by atoms with Crippen LogP contribution >= 0.6 is 15.9 Å². The van der Waals surface area contributed by atoms with E-state index >= 15 is 0 Å². The molecular formula is C9H11BrN2. The second-order valence-corrected chi connectivity index (χ2v) is 3.40. The number of allylic oxidation sites excluding steroid dienone is 1. The van der Waals surface area contributed by atoms with Crippen LogP contribution in [0, 0.1) is 0 Å². The minimum Gasteiger partial charge on any atom is -0.403 e. The molecule has 12 heavy (non-hydrogen) atoms. The first-order valence-electron chi connectivity index (χ1n) is 3.63. The monoisotopic (exact) mass is 226 g/mol. The largest absolute Gasteiger partial charge is 0.403 e. The molecule has 0 heterocycles. The molecule has 1 rings (SSSR count). The second-order valence-electron chi connectivity index (χ2n) is 2.49. The lowest BCUT2D eigenvalue weighted by Crippen LogP contribution is -1.97. The van der Waals surface area contributed by atoms with E-state index in [9.17, 15) is 0 Å². The van der Waals surface area contributed by atoms with Crippen LogP contribution in [0.4, 0.5) is 5.69 Å². The van der Waals surface area contributed by atoms with Gasteiger partial charge in [-0.1, -0.05) is 22.0 Å². The summed E-state index contributed by atoms with van der Waals surface area (Å²) in [6.07, 6.45) is 1.54. The quantitative estimate of drug-likeness (QED) is 0.815. The Morgan fingerprint density at radius 2 is 2.33 bits per heavy atom. The van der Waals surface area contributed by atoms with Crippen molar-refractivity contribution in [1.82, 2.24) is 0 Å². The van der Waals surface area contributed by atoms with Crippen LogP contribution < -0.4 is 11.1 Å². The lowest BCUT2D eigenvalue weighted by molar-refractivity contribution is 1.33. The van der Waals surface area contributed by atoms with Gasteiger partial charge in [-0.2, -0.15) is 0 Å². The number of anilines is 1. The number of nitrogens with one attached hydrogen (secondary N) is 1. The summed E-state index contributed by atoms with van der Waals surface area (Å²) >= 11 is 3.38. The van der Waals surface area contributed by atoms with Crippen LogP contribution in [0.5, 0.6) is 0 Å². The van der Waals surface area contributed by atoms with Crippen LogP contribution in [0.3, 0.4) is 0 Å². The van der Waals surface area contributed by atoms with E-state index in [1.165, 1.54) is 0 Å². The maximum absolute atomic E-state index is 5.32. The lowest BCUT2D eigenvalue weighted by atomic mass is 10.3. The van der Waals surface area contributed by atoms with Gasteiger partial charge in [0.25, 0.3) is 0 Å². The molecule has 0 aliphatic carbocycles. The molecule has 3 heteroatoms. The Hall–Kier alpha value is -0.960. The number of benzene rings is 1. The Labute approximate surface area is 80.6 Å². The minimum atomic E-state index is 0.938. The molecule has 0 spiro atoms. The third-order valence-corrected chi connectivity index (χ3v) is 1.91. The molecule has 2 nitrogen and oxygen atoms in total. The van der Waals surface area contributed by atoms with Crippen molar-refractivity contribution in [3.8, 4) is 0 Å². The van der Waals surface area contributed by atoms with Crippen molar-refractivity contribution >= 4 is 21.6 Å². The van der Waals surface area contributed by atoms with Crippen molar-refractivity contribution in [2.45, 2.75) is 6.92 Å². The van der Waals surface area contributed by atoms with Gasteiger partial charge in [-0.25, -0.2) is 0 Å². The van der Waals surface area contributed by atoms with E-state index in [-0.39, 0.29) is 0 Å². The van der Waals surface area contributed by atoms with Crippen LogP contribution in [-0.4, -0.2) is 0 Å². The van der Waals surface area contributed by atoms with E-state index in [2.05, 4.69) is 21.2 Å². The van der Waals surface area contributed by atoms with Gasteiger partial charge in [-0.05, 0) is 25.1 Å². The number of rotatable bonds is 2. The summed E-state index contributed by atoms with van der Waals surface area (Å²) in [4.78, 5) is 0. The molecule has 0 amide bonds. The van der Waals surface area contributed by atoms with E-state index in [1.54, 1.807) is 6.20 Å². The standard InChI is InChI=1S/C9H11BrN2/c1-7(6-11)12-9-4-2-3-8(10)5-9/h2-6,12H,11H2,1H3/b7-6-. The summed E-state index contributed by atoms with van der Waals surface area (Å²) in [6.45, 7) is 1.92. The van der Waals surface area contributed by atoms with Crippen molar-refractivity contribution in [3.05, 3.63) is 40.6 Å². The summed E-state index contributed by atoms with van der Waals surface area (Å²) in [5.41, 5.74) is 7.29. The Balaban J connectivity index is 2.76. The summed E-state index contributed by atoms with van der Waals surface area (Å²) < 4.78 is 1.05. The van der Waals surface area contributed by atoms with E-state index in [1.807, 2.05) is 31.2 Å². The molecule has 0 saturated carbocycles. The number of hydrogen-bond acceptors (Lipinski definition) is 2. The molecule has 0 unspecified atom stereocenters. The van der Waals surface area contributed by atoms with Crippen LogP contribution in [0.25, 0.3) is 0 Å². The Morgan fingerprint density at radius 1 is 1.58 bits per heavy atom. The molecular weight excluding hydrogens is 216 g/mol. The molecule has 0 aliphatic heterocycles. The molecule has 0 aromatic heterocycles. The first-order chi connectivity index (χ1) is 5.72. The molecule has 0 atom stereocenters. The molecule has 64 valence electrons. The zero-order valence-corrected chi connectivity index (χ0v) is 8.43. The van der Waals surface area contributed by atoms with E-state index < -0.39 is 0 Å². The fourth-order valence-corrected chi connectivity index (χ4v) is 1.23. The highest BCUT2D eigenvalue weighted by Gasteiger charge is 1.92. The second kappa shape index (κ2) is 4.16. The van der Waals surface area contributed by atoms with Gasteiger partial charge in [-0.15, -0.1) is 0 Å². The van der Waals surface area contributed by atoms with Crippen LogP contribution in [0.15, 0.2) is 40.6 Å². The van der Waals surface area contributed by atoms with Gasteiger partial charge in [-0.3, -0.25) is 0 Å². The molecule has 0 radical (unpaired) electrons. The van der Waals surface area contributed by atoms with Crippen LogP contribution in [0.2, 0.25) is 0 Å². The minimum absolute atomic E-state index is 0.938. The Morgan fingerprint density at radius 3 is 2.92 bits per heavy atom. The van der Waals surface area contributed by atoms with Gasteiger partial charge in [0.1, 0.15) is 0 Å². The van der Waals surface area contributed by atoms with E-state index in [4.69, 9.17) is 5.73 Å². The van der Waals surface area contributed by atoms with Gasteiger partial charge in [0, 0.05) is 22.1 Å². The molecule has 0 fully saturated rings. The van der Waals surface area contributed by atoms with E-state index in [0.29, 0.717) is 0 Å². The SMILES string of the molecule is C/C(=C/N)Nc1cccc(Br)c1.